The Morgan fingerprint density at radius 1 is 1.00 bits per heavy atom. The Bertz CT molecular complexity index is 1200. The predicted octanol–water partition coefficient (Wildman–Crippen LogP) is 5.02. The van der Waals surface area contributed by atoms with Crippen LogP contribution in [0.3, 0.4) is 0 Å². The van der Waals surface area contributed by atoms with Crippen molar-refractivity contribution in [3.05, 3.63) is 64.7 Å². The molecule has 0 aliphatic heterocycles. The summed E-state index contributed by atoms with van der Waals surface area (Å²) in [6.45, 7) is 8.16. The maximum Gasteiger partial charge on any atom is 0.242 e. The van der Waals surface area contributed by atoms with E-state index in [2.05, 4.69) is 5.32 Å². The Labute approximate surface area is 228 Å². The lowest BCUT2D eigenvalue weighted by Gasteiger charge is -2.31. The van der Waals surface area contributed by atoms with Crippen molar-refractivity contribution in [3.63, 3.8) is 0 Å². The smallest absolute Gasteiger partial charge is 0.242 e. The van der Waals surface area contributed by atoms with Gasteiger partial charge in [-0.15, -0.1) is 0 Å². The van der Waals surface area contributed by atoms with E-state index in [4.69, 9.17) is 0 Å². The van der Waals surface area contributed by atoms with Gasteiger partial charge in [0.15, 0.2) is 0 Å². The van der Waals surface area contributed by atoms with E-state index in [9.17, 15) is 18.0 Å². The number of nitrogens with zero attached hydrogens (tertiary/aromatic N) is 2. The number of sulfonamides is 1. The molecule has 0 bridgehead atoms. The molecule has 0 unspecified atom stereocenters. The highest BCUT2D eigenvalue weighted by atomic mass is 32.2. The quantitative estimate of drug-likeness (QED) is 0.433. The maximum absolute atomic E-state index is 13.5. The maximum atomic E-state index is 13.5. The van der Waals surface area contributed by atoms with Crippen molar-refractivity contribution in [1.29, 1.82) is 0 Å². The van der Waals surface area contributed by atoms with Gasteiger partial charge in [-0.25, -0.2) is 8.42 Å². The van der Waals surface area contributed by atoms with Gasteiger partial charge in [-0.3, -0.25) is 13.9 Å². The van der Waals surface area contributed by atoms with Crippen LogP contribution in [0, 0.1) is 20.8 Å². The average molecular weight is 542 g/mol. The molecule has 2 aromatic rings. The van der Waals surface area contributed by atoms with E-state index in [0.717, 1.165) is 47.9 Å². The standard InChI is InChI=1S/C30H43N3O4S/c1-22-16-18-26(19-17-22)21-32(25(4)30(35)31-27-12-7-6-8-13-27)29(34)15-10-20-33(38(5,36)37)28-14-9-11-23(2)24(28)3/h9,11,14,16-19,25,27H,6-8,10,12-13,15,20-21H2,1-5H3,(H,31,35)/t25-/m0/s1. The number of aryl methyl sites for hydroxylation is 2. The van der Waals surface area contributed by atoms with Gasteiger partial charge in [0.1, 0.15) is 6.04 Å². The zero-order valence-corrected chi connectivity index (χ0v) is 24.3. The molecule has 8 heteroatoms. The van der Waals surface area contributed by atoms with Crippen LogP contribution in [-0.2, 0) is 26.2 Å². The Balaban J connectivity index is 1.73. The highest BCUT2D eigenvalue weighted by Crippen LogP contribution is 2.26. The summed E-state index contributed by atoms with van der Waals surface area (Å²) >= 11 is 0. The molecule has 208 valence electrons. The van der Waals surface area contributed by atoms with E-state index in [1.165, 1.54) is 17.0 Å². The minimum absolute atomic E-state index is 0.134. The van der Waals surface area contributed by atoms with Crippen molar-refractivity contribution in [2.75, 3.05) is 17.1 Å². The summed E-state index contributed by atoms with van der Waals surface area (Å²) in [5.74, 6) is -0.295. The zero-order chi connectivity index (χ0) is 27.9. The fourth-order valence-electron chi connectivity index (χ4n) is 5.03. The summed E-state index contributed by atoms with van der Waals surface area (Å²) in [7, 11) is -3.53. The first-order valence-corrected chi connectivity index (χ1v) is 15.5. The van der Waals surface area contributed by atoms with Gasteiger partial charge in [-0.05, 0) is 69.7 Å². The number of benzene rings is 2. The topological polar surface area (TPSA) is 86.8 Å². The Hall–Kier alpha value is -2.87. The van der Waals surface area contributed by atoms with Crippen LogP contribution in [-0.4, -0.2) is 50.0 Å². The van der Waals surface area contributed by atoms with E-state index >= 15 is 0 Å². The van der Waals surface area contributed by atoms with Crippen molar-refractivity contribution in [3.8, 4) is 0 Å². The van der Waals surface area contributed by atoms with Gasteiger partial charge in [0.05, 0.1) is 11.9 Å². The van der Waals surface area contributed by atoms with Crippen LogP contribution in [0.25, 0.3) is 0 Å². The molecular formula is C30H43N3O4S. The van der Waals surface area contributed by atoms with Crippen LogP contribution in [0.15, 0.2) is 42.5 Å². The van der Waals surface area contributed by atoms with Crippen LogP contribution < -0.4 is 9.62 Å². The molecule has 1 aliphatic carbocycles. The minimum Gasteiger partial charge on any atom is -0.352 e. The van der Waals surface area contributed by atoms with Crippen LogP contribution >= 0.6 is 0 Å². The summed E-state index contributed by atoms with van der Waals surface area (Å²) in [6.07, 6.45) is 7.06. The monoisotopic (exact) mass is 541 g/mol. The third kappa shape index (κ3) is 8.06. The van der Waals surface area contributed by atoms with Crippen LogP contribution in [0.1, 0.15) is 74.1 Å². The molecule has 3 rings (SSSR count). The molecule has 1 saturated carbocycles. The van der Waals surface area contributed by atoms with Gasteiger partial charge < -0.3 is 10.2 Å². The average Bonchev–Trinajstić information content (AvgIpc) is 2.87. The van der Waals surface area contributed by atoms with Gasteiger partial charge in [-0.2, -0.15) is 0 Å². The highest BCUT2D eigenvalue weighted by Gasteiger charge is 2.28. The molecule has 2 aromatic carbocycles. The molecular weight excluding hydrogens is 498 g/mol. The summed E-state index contributed by atoms with van der Waals surface area (Å²) in [5, 5.41) is 3.16. The lowest BCUT2D eigenvalue weighted by molar-refractivity contribution is -0.141. The van der Waals surface area contributed by atoms with Gasteiger partial charge >= 0.3 is 0 Å². The number of rotatable bonds is 11. The predicted molar refractivity (Wildman–Crippen MR) is 154 cm³/mol. The van der Waals surface area contributed by atoms with Crippen molar-refractivity contribution < 1.29 is 18.0 Å². The molecule has 1 N–H and O–H groups in total. The fourth-order valence-corrected chi connectivity index (χ4v) is 6.05. The summed E-state index contributed by atoms with van der Waals surface area (Å²) in [6, 6.07) is 13.1. The first-order chi connectivity index (χ1) is 18.0. The number of nitrogens with one attached hydrogen (secondary N) is 1. The fraction of sp³-hybridized carbons (Fsp3) is 0.533. The molecule has 0 saturated heterocycles. The van der Waals surface area contributed by atoms with Crippen LogP contribution in [0.4, 0.5) is 5.69 Å². The van der Waals surface area contributed by atoms with Crippen molar-refractivity contribution >= 4 is 27.5 Å². The number of carbonyl (C=O) groups excluding carboxylic acids is 2. The van der Waals surface area contributed by atoms with E-state index in [1.807, 2.05) is 57.2 Å². The van der Waals surface area contributed by atoms with Crippen molar-refractivity contribution in [2.24, 2.45) is 0 Å². The normalized spacial score (nSPS) is 15.1. The molecule has 2 amide bonds. The molecule has 38 heavy (non-hydrogen) atoms. The summed E-state index contributed by atoms with van der Waals surface area (Å²) < 4.78 is 26.7. The van der Waals surface area contributed by atoms with Gasteiger partial charge in [0.25, 0.3) is 0 Å². The number of hydrogen-bond acceptors (Lipinski definition) is 4. The Kier molecular flexibility index (Phi) is 10.4. The summed E-state index contributed by atoms with van der Waals surface area (Å²) in [5.41, 5.74) is 4.63. The number of amides is 2. The van der Waals surface area contributed by atoms with Crippen LogP contribution in [0.5, 0.6) is 0 Å². The lowest BCUT2D eigenvalue weighted by atomic mass is 9.95. The van der Waals surface area contributed by atoms with E-state index < -0.39 is 16.1 Å². The third-order valence-electron chi connectivity index (χ3n) is 7.59. The molecule has 1 atom stereocenters. The molecule has 0 spiro atoms. The van der Waals surface area contributed by atoms with E-state index in [0.29, 0.717) is 18.7 Å². The molecule has 0 heterocycles. The first kappa shape index (κ1) is 29.7. The molecule has 0 radical (unpaired) electrons. The molecule has 7 nitrogen and oxygen atoms in total. The zero-order valence-electron chi connectivity index (χ0n) is 23.5. The van der Waals surface area contributed by atoms with Crippen LogP contribution in [0.2, 0.25) is 0 Å². The lowest BCUT2D eigenvalue weighted by Crippen LogP contribution is -2.50. The van der Waals surface area contributed by atoms with Gasteiger partial charge in [0.2, 0.25) is 21.8 Å². The van der Waals surface area contributed by atoms with E-state index in [1.54, 1.807) is 17.9 Å². The number of carbonyl (C=O) groups is 2. The van der Waals surface area contributed by atoms with Crippen molar-refractivity contribution in [2.45, 2.75) is 91.3 Å². The molecule has 1 aliphatic rings. The second kappa shape index (κ2) is 13.3. The molecule has 1 fully saturated rings. The SMILES string of the molecule is Cc1ccc(CN(C(=O)CCCN(c2cccc(C)c2C)S(C)(=O)=O)[C@@H](C)C(=O)NC2CCCCC2)cc1. The highest BCUT2D eigenvalue weighted by molar-refractivity contribution is 7.92. The summed E-state index contributed by atoms with van der Waals surface area (Å²) in [4.78, 5) is 28.3. The minimum atomic E-state index is -3.53. The Morgan fingerprint density at radius 2 is 1.66 bits per heavy atom. The second-order valence-electron chi connectivity index (χ2n) is 10.7. The second-order valence-corrected chi connectivity index (χ2v) is 12.6. The first-order valence-electron chi connectivity index (χ1n) is 13.7. The van der Waals surface area contributed by atoms with Gasteiger partial charge in [-0.1, -0.05) is 61.2 Å². The Morgan fingerprint density at radius 3 is 2.29 bits per heavy atom. The molecule has 0 aromatic heterocycles. The van der Waals surface area contributed by atoms with E-state index in [-0.39, 0.29) is 30.8 Å². The third-order valence-corrected chi connectivity index (χ3v) is 8.77. The number of hydrogen-bond donors (Lipinski definition) is 1. The van der Waals surface area contributed by atoms with Gasteiger partial charge in [0, 0.05) is 25.6 Å². The van der Waals surface area contributed by atoms with Crippen molar-refractivity contribution in [1.82, 2.24) is 10.2 Å². The number of anilines is 1. The largest absolute Gasteiger partial charge is 0.352 e.